The van der Waals surface area contributed by atoms with Gasteiger partial charge in [-0.05, 0) is 29.8 Å². The molecule has 1 N–H and O–H groups in total. The molecule has 1 aliphatic rings. The van der Waals surface area contributed by atoms with Crippen molar-refractivity contribution in [1.82, 2.24) is 0 Å². The molecule has 0 saturated carbocycles. The maximum Gasteiger partial charge on any atom is 0.112 e. The van der Waals surface area contributed by atoms with E-state index in [1.54, 1.807) is 24.3 Å². The van der Waals surface area contributed by atoms with Gasteiger partial charge in [0.05, 0.1) is 17.6 Å². The Kier molecular flexibility index (Phi) is 4.21. The number of benzene rings is 1. The molecule has 1 aromatic carbocycles. The molecule has 0 radical (unpaired) electrons. The highest BCUT2D eigenvalue weighted by Gasteiger charge is 1.97. The van der Waals surface area contributed by atoms with Crippen molar-refractivity contribution in [2.45, 2.75) is 6.42 Å². The molecule has 0 saturated heterocycles. The zero-order valence-corrected chi connectivity index (χ0v) is 10.4. The molecule has 0 fully saturated rings. The Bertz CT molecular complexity index is 631. The molecule has 2 nitrogen and oxygen atoms in total. The lowest BCUT2D eigenvalue weighted by Crippen LogP contribution is -1.89. The van der Waals surface area contributed by atoms with Gasteiger partial charge in [-0.3, -0.25) is 0 Å². The topological polar surface area (TPSA) is 44.0 Å². The Morgan fingerprint density at radius 3 is 2.84 bits per heavy atom. The van der Waals surface area contributed by atoms with E-state index in [-0.39, 0.29) is 11.7 Å². The minimum atomic E-state index is -0.00788. The van der Waals surface area contributed by atoms with Gasteiger partial charge in [0.25, 0.3) is 0 Å². The molecule has 0 amide bonds. The lowest BCUT2D eigenvalue weighted by molar-refractivity contribution is 0.430. The number of hydrogen-bond acceptors (Lipinski definition) is 2. The second-order valence-electron chi connectivity index (χ2n) is 4.13. The number of aliphatic hydroxyl groups excluding tert-OH is 1. The first-order chi connectivity index (χ1) is 9.28. The molecule has 0 spiro atoms. The fourth-order valence-electron chi connectivity index (χ4n) is 1.65. The average Bonchev–Trinajstić information content (AvgIpc) is 2.43. The van der Waals surface area contributed by atoms with Crippen molar-refractivity contribution >= 4 is 6.08 Å². The summed E-state index contributed by atoms with van der Waals surface area (Å²) in [5.41, 5.74) is 1.67. The van der Waals surface area contributed by atoms with Gasteiger partial charge in [0.2, 0.25) is 0 Å². The fourth-order valence-corrected chi connectivity index (χ4v) is 1.65. The van der Waals surface area contributed by atoms with Gasteiger partial charge in [0.1, 0.15) is 5.76 Å². The molecule has 2 rings (SSSR count). The lowest BCUT2D eigenvalue weighted by atomic mass is 10.0. The SMILES string of the molecule is N#Cc1ccc(/C=C/C2C#CC/C=C(/O)C=C2)cc1. The lowest BCUT2D eigenvalue weighted by Gasteiger charge is -2.01. The molecule has 1 atom stereocenters. The summed E-state index contributed by atoms with van der Waals surface area (Å²) < 4.78 is 0. The second-order valence-corrected chi connectivity index (χ2v) is 4.13. The van der Waals surface area contributed by atoms with Gasteiger partial charge >= 0.3 is 0 Å². The van der Waals surface area contributed by atoms with Crippen molar-refractivity contribution in [1.29, 1.82) is 5.26 Å². The third kappa shape index (κ3) is 3.91. The molecule has 0 aromatic heterocycles. The minimum absolute atomic E-state index is 0.00788. The van der Waals surface area contributed by atoms with Crippen LogP contribution in [0.25, 0.3) is 6.08 Å². The van der Waals surface area contributed by atoms with Crippen LogP contribution in [-0.4, -0.2) is 5.11 Å². The number of hydrogen-bond donors (Lipinski definition) is 1. The third-order valence-corrected chi connectivity index (χ3v) is 2.69. The number of rotatable bonds is 2. The van der Waals surface area contributed by atoms with Crippen LogP contribution < -0.4 is 0 Å². The molecular weight excluding hydrogens is 234 g/mol. The Labute approximate surface area is 113 Å². The van der Waals surface area contributed by atoms with Crippen LogP contribution in [0.3, 0.4) is 0 Å². The summed E-state index contributed by atoms with van der Waals surface area (Å²) in [5, 5.41) is 18.1. The molecule has 0 heterocycles. The van der Waals surface area contributed by atoms with Gasteiger partial charge in [-0.25, -0.2) is 0 Å². The van der Waals surface area contributed by atoms with E-state index in [4.69, 9.17) is 5.26 Å². The normalized spacial score (nSPS) is 20.6. The van der Waals surface area contributed by atoms with Crippen LogP contribution >= 0.6 is 0 Å². The summed E-state index contributed by atoms with van der Waals surface area (Å²) >= 11 is 0. The van der Waals surface area contributed by atoms with Crippen LogP contribution in [0.1, 0.15) is 17.5 Å². The van der Waals surface area contributed by atoms with Gasteiger partial charge in [-0.2, -0.15) is 5.26 Å². The van der Waals surface area contributed by atoms with Crippen LogP contribution in [0, 0.1) is 29.1 Å². The maximum atomic E-state index is 9.43. The van der Waals surface area contributed by atoms with Crippen molar-refractivity contribution in [3.05, 3.63) is 65.5 Å². The highest BCUT2D eigenvalue weighted by Crippen LogP contribution is 2.10. The van der Waals surface area contributed by atoms with Crippen molar-refractivity contribution in [2.24, 2.45) is 5.92 Å². The van der Waals surface area contributed by atoms with Gasteiger partial charge in [-0.1, -0.05) is 42.2 Å². The first kappa shape index (κ1) is 12.7. The third-order valence-electron chi connectivity index (χ3n) is 2.69. The van der Waals surface area contributed by atoms with Gasteiger partial charge in [-0.15, -0.1) is 0 Å². The Hall–Kier alpha value is -2.71. The van der Waals surface area contributed by atoms with Crippen LogP contribution in [0.15, 0.2) is 54.3 Å². The molecule has 2 heteroatoms. The zero-order valence-electron chi connectivity index (χ0n) is 10.4. The monoisotopic (exact) mass is 247 g/mol. The largest absolute Gasteiger partial charge is 0.508 e. The van der Waals surface area contributed by atoms with Crippen LogP contribution in [0.2, 0.25) is 0 Å². The van der Waals surface area contributed by atoms with Gasteiger partial charge in [0, 0.05) is 6.42 Å². The fraction of sp³-hybridized carbons (Fsp3) is 0.118. The minimum Gasteiger partial charge on any atom is -0.508 e. The molecule has 0 aliphatic heterocycles. The summed E-state index contributed by atoms with van der Waals surface area (Å²) in [7, 11) is 0. The Morgan fingerprint density at radius 2 is 2.11 bits per heavy atom. The van der Waals surface area contributed by atoms with Crippen LogP contribution in [0.5, 0.6) is 0 Å². The van der Waals surface area contributed by atoms with E-state index in [2.05, 4.69) is 17.9 Å². The number of allylic oxidation sites excluding steroid dienone is 4. The molecule has 92 valence electrons. The Morgan fingerprint density at radius 1 is 1.32 bits per heavy atom. The van der Waals surface area contributed by atoms with E-state index >= 15 is 0 Å². The maximum absolute atomic E-state index is 9.43. The molecule has 19 heavy (non-hydrogen) atoms. The Balaban J connectivity index is 2.10. The summed E-state index contributed by atoms with van der Waals surface area (Å²) in [5.74, 6) is 6.34. The number of nitrogens with zero attached hydrogens (tertiary/aromatic N) is 1. The van der Waals surface area contributed by atoms with Crippen molar-refractivity contribution < 1.29 is 5.11 Å². The van der Waals surface area contributed by atoms with E-state index in [9.17, 15) is 5.11 Å². The van der Waals surface area contributed by atoms with Crippen molar-refractivity contribution in [3.8, 4) is 17.9 Å². The van der Waals surface area contributed by atoms with Gasteiger partial charge < -0.3 is 5.11 Å². The molecule has 0 bridgehead atoms. The molecule has 1 unspecified atom stereocenters. The predicted molar refractivity (Wildman–Crippen MR) is 75.9 cm³/mol. The van der Waals surface area contributed by atoms with Gasteiger partial charge in [0.15, 0.2) is 0 Å². The first-order valence-electron chi connectivity index (χ1n) is 6.02. The quantitative estimate of drug-likeness (QED) is 0.811. The van der Waals surface area contributed by atoms with E-state index in [1.807, 2.05) is 30.4 Å². The smallest absolute Gasteiger partial charge is 0.112 e. The summed E-state index contributed by atoms with van der Waals surface area (Å²) in [6, 6.07) is 9.45. The van der Waals surface area contributed by atoms with E-state index in [0.29, 0.717) is 12.0 Å². The molecular formula is C17H13NO. The number of nitriles is 1. The van der Waals surface area contributed by atoms with Crippen LogP contribution in [-0.2, 0) is 0 Å². The zero-order chi connectivity index (χ0) is 13.5. The van der Waals surface area contributed by atoms with E-state index in [0.717, 1.165) is 5.56 Å². The molecule has 1 aromatic rings. The summed E-state index contributed by atoms with van der Waals surface area (Å²) in [6.07, 6.45) is 9.72. The van der Waals surface area contributed by atoms with Crippen molar-refractivity contribution in [2.75, 3.05) is 0 Å². The molecule has 1 aliphatic carbocycles. The van der Waals surface area contributed by atoms with E-state index in [1.165, 1.54) is 0 Å². The first-order valence-corrected chi connectivity index (χ1v) is 6.02. The predicted octanol–water partition coefficient (Wildman–Crippen LogP) is 3.59. The summed E-state index contributed by atoms with van der Waals surface area (Å²) in [4.78, 5) is 0. The van der Waals surface area contributed by atoms with Crippen LogP contribution in [0.4, 0.5) is 0 Å². The van der Waals surface area contributed by atoms with E-state index < -0.39 is 0 Å². The number of aliphatic hydroxyl groups is 1. The summed E-state index contributed by atoms with van der Waals surface area (Å²) in [6.45, 7) is 0. The standard InChI is InChI=1S/C17H13NO/c18-13-16-9-7-15(8-10-16)6-5-14-3-1-2-4-17(19)12-11-14/h4-12,14,19H,2H2/b6-5+,12-11?,17-4+. The highest BCUT2D eigenvalue weighted by molar-refractivity contribution is 5.52. The highest BCUT2D eigenvalue weighted by atomic mass is 16.3. The van der Waals surface area contributed by atoms with Crippen molar-refractivity contribution in [3.63, 3.8) is 0 Å². The average molecular weight is 247 g/mol. The second kappa shape index (κ2) is 6.28.